The van der Waals surface area contributed by atoms with E-state index in [1.165, 1.54) is 5.56 Å². The van der Waals surface area contributed by atoms with Crippen molar-refractivity contribution in [2.24, 2.45) is 0 Å². The van der Waals surface area contributed by atoms with Gasteiger partial charge in [0, 0.05) is 24.3 Å². The van der Waals surface area contributed by atoms with Gasteiger partial charge in [-0.15, -0.1) is 0 Å². The lowest BCUT2D eigenvalue weighted by Gasteiger charge is -2.19. The molecule has 1 aliphatic rings. The first-order valence-corrected chi connectivity index (χ1v) is 8.31. The van der Waals surface area contributed by atoms with Gasteiger partial charge in [0.05, 0.1) is 13.7 Å². The number of amides is 2. The topological polar surface area (TPSA) is 90.9 Å². The Morgan fingerprint density at radius 1 is 1.23 bits per heavy atom. The van der Waals surface area contributed by atoms with E-state index in [1.54, 1.807) is 30.8 Å². The number of nitrogens with one attached hydrogen (secondary N) is 2. The fraction of sp³-hybridized carbons (Fsp3) is 0.263. The normalized spacial score (nSPS) is 14.2. The number of hydrogen-bond donors (Lipinski definition) is 3. The van der Waals surface area contributed by atoms with Gasteiger partial charge in [0.2, 0.25) is 5.91 Å². The summed E-state index contributed by atoms with van der Waals surface area (Å²) in [5.41, 5.74) is 4.59. The summed E-state index contributed by atoms with van der Waals surface area (Å²) in [4.78, 5) is 25.8. The molecule has 3 rings (SSSR count). The zero-order valence-electron chi connectivity index (χ0n) is 14.5. The van der Waals surface area contributed by atoms with E-state index < -0.39 is 5.91 Å². The van der Waals surface area contributed by atoms with Crippen LogP contribution in [0.25, 0.3) is 0 Å². The Hall–Kier alpha value is -2.90. The lowest BCUT2D eigenvalue weighted by molar-refractivity contribution is -0.117. The molecule has 7 heteroatoms. The fourth-order valence-corrected chi connectivity index (χ4v) is 2.96. The minimum Gasteiger partial charge on any atom is -0.497 e. The Kier molecular flexibility index (Phi) is 5.50. The molecule has 2 aromatic rings. The smallest absolute Gasteiger partial charge is 0.274 e. The van der Waals surface area contributed by atoms with Crippen LogP contribution in [-0.4, -0.2) is 42.1 Å². The van der Waals surface area contributed by atoms with Crippen molar-refractivity contribution in [2.45, 2.75) is 13.0 Å². The Morgan fingerprint density at radius 3 is 2.69 bits per heavy atom. The summed E-state index contributed by atoms with van der Waals surface area (Å²) >= 11 is 0. The highest BCUT2D eigenvalue weighted by molar-refractivity contribution is 5.98. The van der Waals surface area contributed by atoms with Crippen LogP contribution in [0.15, 0.2) is 42.5 Å². The van der Waals surface area contributed by atoms with Crippen molar-refractivity contribution in [3.05, 3.63) is 59.2 Å². The molecule has 2 aromatic carbocycles. The van der Waals surface area contributed by atoms with Crippen molar-refractivity contribution < 1.29 is 19.5 Å². The van der Waals surface area contributed by atoms with Crippen molar-refractivity contribution in [1.29, 1.82) is 0 Å². The minimum absolute atomic E-state index is 0.125. The summed E-state index contributed by atoms with van der Waals surface area (Å²) in [6, 6.07) is 12.9. The van der Waals surface area contributed by atoms with Crippen molar-refractivity contribution in [1.82, 2.24) is 10.4 Å². The van der Waals surface area contributed by atoms with Gasteiger partial charge in [-0.2, -0.15) is 0 Å². The molecule has 0 atom stereocenters. The van der Waals surface area contributed by atoms with Crippen LogP contribution >= 0.6 is 0 Å². The van der Waals surface area contributed by atoms with E-state index in [4.69, 9.17) is 9.94 Å². The number of methoxy groups -OCH3 is 1. The molecule has 1 aliphatic heterocycles. The first-order chi connectivity index (χ1) is 12.6. The van der Waals surface area contributed by atoms with Crippen LogP contribution in [0.2, 0.25) is 0 Å². The first-order valence-electron chi connectivity index (χ1n) is 8.31. The van der Waals surface area contributed by atoms with E-state index in [0.29, 0.717) is 17.8 Å². The van der Waals surface area contributed by atoms with Gasteiger partial charge in [0.15, 0.2) is 0 Å². The van der Waals surface area contributed by atoms with Crippen LogP contribution in [0.5, 0.6) is 5.75 Å². The van der Waals surface area contributed by atoms with E-state index in [1.807, 2.05) is 24.3 Å². The highest BCUT2D eigenvalue weighted by Gasteiger charge is 2.20. The molecular formula is C19H21N3O4. The van der Waals surface area contributed by atoms with Gasteiger partial charge in [0.25, 0.3) is 5.91 Å². The highest BCUT2D eigenvalue weighted by atomic mass is 16.5. The summed E-state index contributed by atoms with van der Waals surface area (Å²) in [5.74, 6) is 0.0854. The van der Waals surface area contributed by atoms with Crippen LogP contribution in [0, 0.1) is 0 Å². The molecule has 136 valence electrons. The summed E-state index contributed by atoms with van der Waals surface area (Å²) < 4.78 is 5.16. The third-order valence-corrected chi connectivity index (χ3v) is 4.38. The maximum Gasteiger partial charge on any atom is 0.274 e. The fourth-order valence-electron chi connectivity index (χ4n) is 2.96. The van der Waals surface area contributed by atoms with Crippen molar-refractivity contribution >= 4 is 17.5 Å². The number of ether oxygens (including phenoxy) is 1. The molecule has 1 heterocycles. The number of hydrogen-bond acceptors (Lipinski definition) is 5. The molecule has 0 spiro atoms. The average Bonchev–Trinajstić information content (AvgIpc) is 2.82. The molecule has 0 fully saturated rings. The Morgan fingerprint density at radius 2 is 2.00 bits per heavy atom. The number of rotatable bonds is 5. The third-order valence-electron chi connectivity index (χ3n) is 4.38. The van der Waals surface area contributed by atoms with Gasteiger partial charge in [-0.25, -0.2) is 5.48 Å². The lowest BCUT2D eigenvalue weighted by Crippen LogP contribution is -2.31. The van der Waals surface area contributed by atoms with Crippen molar-refractivity contribution in [3.8, 4) is 5.75 Å². The SMILES string of the molecule is COc1ccc(CCN2CC(=O)Nc3cc(C(=O)NO)ccc3C2)cc1. The second-order valence-corrected chi connectivity index (χ2v) is 6.17. The molecule has 0 radical (unpaired) electrons. The van der Waals surface area contributed by atoms with Gasteiger partial charge in [-0.3, -0.25) is 19.7 Å². The van der Waals surface area contributed by atoms with E-state index in [-0.39, 0.29) is 12.5 Å². The number of carbonyl (C=O) groups is 2. The van der Waals surface area contributed by atoms with Gasteiger partial charge in [0.1, 0.15) is 5.75 Å². The molecule has 0 saturated carbocycles. The quantitative estimate of drug-likeness (QED) is 0.562. The standard InChI is InChI=1S/C19H21N3O4/c1-26-16-6-2-13(3-7-16)8-9-22-11-15-5-4-14(19(24)21-25)10-17(15)20-18(23)12-22/h2-7,10,25H,8-9,11-12H2,1H3,(H,20,23)(H,21,24). The molecule has 0 bridgehead atoms. The molecule has 0 aromatic heterocycles. The molecule has 26 heavy (non-hydrogen) atoms. The zero-order valence-corrected chi connectivity index (χ0v) is 14.5. The molecule has 3 N–H and O–H groups in total. The lowest BCUT2D eigenvalue weighted by atomic mass is 10.1. The monoisotopic (exact) mass is 355 g/mol. The summed E-state index contributed by atoms with van der Waals surface area (Å²) in [6.07, 6.45) is 0.817. The van der Waals surface area contributed by atoms with E-state index in [0.717, 1.165) is 24.3 Å². The molecule has 7 nitrogen and oxygen atoms in total. The van der Waals surface area contributed by atoms with Gasteiger partial charge >= 0.3 is 0 Å². The predicted octanol–water partition coefficient (Wildman–Crippen LogP) is 1.81. The maximum atomic E-state index is 12.2. The minimum atomic E-state index is -0.609. The highest BCUT2D eigenvalue weighted by Crippen LogP contribution is 2.23. The largest absolute Gasteiger partial charge is 0.497 e. The predicted molar refractivity (Wildman–Crippen MR) is 96.3 cm³/mol. The van der Waals surface area contributed by atoms with Gasteiger partial charge in [-0.1, -0.05) is 18.2 Å². The molecule has 0 aliphatic carbocycles. The molecule has 0 unspecified atom stereocenters. The first kappa shape index (κ1) is 17.9. The zero-order chi connectivity index (χ0) is 18.5. The average molecular weight is 355 g/mol. The van der Waals surface area contributed by atoms with Crippen LogP contribution in [0.4, 0.5) is 5.69 Å². The molecule has 2 amide bonds. The number of anilines is 1. The van der Waals surface area contributed by atoms with Gasteiger partial charge < -0.3 is 10.1 Å². The second-order valence-electron chi connectivity index (χ2n) is 6.17. The van der Waals surface area contributed by atoms with Crippen LogP contribution in [-0.2, 0) is 17.8 Å². The molecular weight excluding hydrogens is 334 g/mol. The molecule has 0 saturated heterocycles. The summed E-state index contributed by atoms with van der Waals surface area (Å²) in [5, 5.41) is 11.6. The van der Waals surface area contributed by atoms with E-state index >= 15 is 0 Å². The van der Waals surface area contributed by atoms with Crippen LogP contribution in [0.3, 0.4) is 0 Å². The number of carbonyl (C=O) groups excluding carboxylic acids is 2. The van der Waals surface area contributed by atoms with Crippen molar-refractivity contribution in [2.75, 3.05) is 25.5 Å². The van der Waals surface area contributed by atoms with Crippen LogP contribution < -0.4 is 15.5 Å². The second kappa shape index (κ2) is 7.99. The number of nitrogens with zero attached hydrogens (tertiary/aromatic N) is 1. The number of benzene rings is 2. The Labute approximate surface area is 151 Å². The van der Waals surface area contributed by atoms with Crippen LogP contribution in [0.1, 0.15) is 21.5 Å². The number of fused-ring (bicyclic) bond motifs is 1. The third kappa shape index (κ3) is 4.19. The van der Waals surface area contributed by atoms with Crippen molar-refractivity contribution in [3.63, 3.8) is 0 Å². The Balaban J connectivity index is 1.70. The van der Waals surface area contributed by atoms with Gasteiger partial charge in [-0.05, 0) is 41.8 Å². The van der Waals surface area contributed by atoms with E-state index in [9.17, 15) is 9.59 Å². The maximum absolute atomic E-state index is 12.2. The summed E-state index contributed by atoms with van der Waals surface area (Å²) in [7, 11) is 1.64. The van der Waals surface area contributed by atoms with E-state index in [2.05, 4.69) is 10.2 Å². The Bertz CT molecular complexity index is 805. The number of hydroxylamine groups is 1. The summed E-state index contributed by atoms with van der Waals surface area (Å²) in [6.45, 7) is 1.62.